The first kappa shape index (κ1) is 16.9. The van der Waals surface area contributed by atoms with Crippen LogP contribution in [0.15, 0.2) is 28.7 Å². The summed E-state index contributed by atoms with van der Waals surface area (Å²) in [5, 5.41) is 3.15. The van der Waals surface area contributed by atoms with Crippen LogP contribution < -0.4 is 10.0 Å². The van der Waals surface area contributed by atoms with Gasteiger partial charge in [-0.05, 0) is 50.0 Å². The van der Waals surface area contributed by atoms with Crippen LogP contribution in [0.2, 0.25) is 0 Å². The number of benzene rings is 1. The van der Waals surface area contributed by atoms with Crippen molar-refractivity contribution in [1.82, 2.24) is 14.3 Å². The maximum Gasteiger partial charge on any atom is 0.279 e. The molecule has 0 radical (unpaired) electrons. The Hall–Kier alpha value is -0.470. The average Bonchev–Trinajstić information content (AvgIpc) is 2.48. The fourth-order valence-corrected chi connectivity index (χ4v) is 4.00. The standard InChI is InChI=1S/C14H22BrN3O2S/c1-16-10-13-6-8-18(9-7-13)21(19,20)17-11-12-2-4-14(15)5-3-12/h2-5,13,16-17H,6-11H2,1H3. The molecule has 1 aliphatic heterocycles. The van der Waals surface area contributed by atoms with Gasteiger partial charge in [0.2, 0.25) is 0 Å². The Balaban J connectivity index is 1.86. The Morgan fingerprint density at radius 3 is 2.43 bits per heavy atom. The summed E-state index contributed by atoms with van der Waals surface area (Å²) < 4.78 is 29.8. The summed E-state index contributed by atoms with van der Waals surface area (Å²) in [5.41, 5.74) is 0.951. The first-order chi connectivity index (χ1) is 10.0. The highest BCUT2D eigenvalue weighted by Gasteiger charge is 2.27. The van der Waals surface area contributed by atoms with E-state index in [4.69, 9.17) is 0 Å². The Labute approximate surface area is 135 Å². The van der Waals surface area contributed by atoms with Crippen molar-refractivity contribution in [3.63, 3.8) is 0 Å². The summed E-state index contributed by atoms with van der Waals surface area (Å²) in [6, 6.07) is 7.64. The number of nitrogens with one attached hydrogen (secondary N) is 2. The molecule has 2 N–H and O–H groups in total. The van der Waals surface area contributed by atoms with Gasteiger partial charge in [0.25, 0.3) is 10.2 Å². The smallest absolute Gasteiger partial charge is 0.279 e. The molecule has 1 fully saturated rings. The molecule has 5 nitrogen and oxygen atoms in total. The number of piperidine rings is 1. The second-order valence-corrected chi connectivity index (χ2v) is 8.02. The van der Waals surface area contributed by atoms with Crippen LogP contribution in [0.4, 0.5) is 0 Å². The number of hydrogen-bond acceptors (Lipinski definition) is 3. The molecule has 21 heavy (non-hydrogen) atoms. The molecule has 1 heterocycles. The summed E-state index contributed by atoms with van der Waals surface area (Å²) in [6.07, 6.45) is 1.83. The summed E-state index contributed by atoms with van der Waals surface area (Å²) >= 11 is 3.36. The van der Waals surface area contributed by atoms with E-state index in [1.54, 1.807) is 4.31 Å². The fraction of sp³-hybridized carbons (Fsp3) is 0.571. The van der Waals surface area contributed by atoms with Gasteiger partial charge in [-0.25, -0.2) is 0 Å². The van der Waals surface area contributed by atoms with Gasteiger partial charge < -0.3 is 5.32 Å². The fourth-order valence-electron chi connectivity index (χ4n) is 2.51. The van der Waals surface area contributed by atoms with Crippen LogP contribution in [0.5, 0.6) is 0 Å². The van der Waals surface area contributed by atoms with Crippen LogP contribution in [0.25, 0.3) is 0 Å². The molecule has 0 aliphatic carbocycles. The Morgan fingerprint density at radius 2 is 1.86 bits per heavy atom. The molecule has 0 atom stereocenters. The zero-order chi connectivity index (χ0) is 15.3. The van der Waals surface area contributed by atoms with Crippen molar-refractivity contribution in [3.8, 4) is 0 Å². The highest BCUT2D eigenvalue weighted by Crippen LogP contribution is 2.18. The highest BCUT2D eigenvalue weighted by molar-refractivity contribution is 9.10. The van der Waals surface area contributed by atoms with E-state index in [9.17, 15) is 8.42 Å². The minimum absolute atomic E-state index is 0.325. The van der Waals surface area contributed by atoms with Crippen LogP contribution in [0.3, 0.4) is 0 Å². The van der Waals surface area contributed by atoms with E-state index in [1.807, 2.05) is 31.3 Å². The summed E-state index contributed by atoms with van der Waals surface area (Å²) in [4.78, 5) is 0. The predicted octanol–water partition coefficient (Wildman–Crippen LogP) is 1.71. The third-order valence-corrected chi connectivity index (χ3v) is 5.86. The first-order valence-electron chi connectivity index (χ1n) is 7.15. The van der Waals surface area contributed by atoms with Crippen LogP contribution in [-0.4, -0.2) is 39.4 Å². The van der Waals surface area contributed by atoms with Gasteiger partial charge in [-0.2, -0.15) is 17.4 Å². The van der Waals surface area contributed by atoms with Crippen molar-refractivity contribution in [2.75, 3.05) is 26.7 Å². The van der Waals surface area contributed by atoms with Crippen molar-refractivity contribution in [1.29, 1.82) is 0 Å². The summed E-state index contributed by atoms with van der Waals surface area (Å²) in [6.45, 7) is 2.48. The van der Waals surface area contributed by atoms with Gasteiger partial charge in [0, 0.05) is 24.1 Å². The average molecular weight is 376 g/mol. The minimum atomic E-state index is -3.38. The zero-order valence-corrected chi connectivity index (χ0v) is 14.6. The first-order valence-corrected chi connectivity index (χ1v) is 9.38. The maximum atomic E-state index is 12.3. The molecule has 2 rings (SSSR count). The van der Waals surface area contributed by atoms with Gasteiger partial charge in [-0.15, -0.1) is 0 Å². The molecule has 1 aliphatic rings. The van der Waals surface area contributed by atoms with E-state index in [0.29, 0.717) is 25.6 Å². The van der Waals surface area contributed by atoms with Crippen molar-refractivity contribution in [3.05, 3.63) is 34.3 Å². The van der Waals surface area contributed by atoms with E-state index < -0.39 is 10.2 Å². The third-order valence-electron chi connectivity index (χ3n) is 3.78. The number of rotatable bonds is 6. The molecular weight excluding hydrogens is 354 g/mol. The SMILES string of the molecule is CNCC1CCN(S(=O)(=O)NCc2ccc(Br)cc2)CC1. The molecule has 1 aromatic carbocycles. The minimum Gasteiger partial charge on any atom is -0.319 e. The van der Waals surface area contributed by atoms with Crippen molar-refractivity contribution in [2.45, 2.75) is 19.4 Å². The second kappa shape index (κ2) is 7.69. The van der Waals surface area contributed by atoms with E-state index in [1.165, 1.54) is 0 Å². The molecule has 7 heteroatoms. The zero-order valence-electron chi connectivity index (χ0n) is 12.2. The number of halogens is 1. The third kappa shape index (κ3) is 5.03. The van der Waals surface area contributed by atoms with Crippen LogP contribution >= 0.6 is 15.9 Å². The summed E-state index contributed by atoms with van der Waals surface area (Å²) in [7, 11) is -1.45. The van der Waals surface area contributed by atoms with Gasteiger partial charge >= 0.3 is 0 Å². The van der Waals surface area contributed by atoms with Gasteiger partial charge in [0.1, 0.15) is 0 Å². The van der Waals surface area contributed by atoms with E-state index in [2.05, 4.69) is 26.0 Å². The van der Waals surface area contributed by atoms with E-state index in [-0.39, 0.29) is 0 Å². The predicted molar refractivity (Wildman–Crippen MR) is 88.1 cm³/mol. The number of nitrogens with zero attached hydrogens (tertiary/aromatic N) is 1. The van der Waals surface area contributed by atoms with Crippen LogP contribution in [0.1, 0.15) is 18.4 Å². The highest BCUT2D eigenvalue weighted by atomic mass is 79.9. The quantitative estimate of drug-likeness (QED) is 0.795. The Bertz CT molecular complexity index is 540. The van der Waals surface area contributed by atoms with E-state index in [0.717, 1.165) is 29.4 Å². The van der Waals surface area contributed by atoms with Crippen LogP contribution in [-0.2, 0) is 16.8 Å². The molecular formula is C14H22BrN3O2S. The molecule has 1 saturated heterocycles. The summed E-state index contributed by atoms with van der Waals surface area (Å²) in [5.74, 6) is 0.577. The van der Waals surface area contributed by atoms with Gasteiger partial charge in [-0.1, -0.05) is 28.1 Å². The largest absolute Gasteiger partial charge is 0.319 e. The maximum absolute atomic E-state index is 12.3. The van der Waals surface area contributed by atoms with E-state index >= 15 is 0 Å². The topological polar surface area (TPSA) is 61.4 Å². The molecule has 0 spiro atoms. The molecule has 1 aromatic rings. The van der Waals surface area contributed by atoms with Gasteiger partial charge in [-0.3, -0.25) is 0 Å². The van der Waals surface area contributed by atoms with Crippen molar-refractivity contribution < 1.29 is 8.42 Å². The monoisotopic (exact) mass is 375 g/mol. The molecule has 0 unspecified atom stereocenters. The van der Waals surface area contributed by atoms with Crippen LogP contribution in [0, 0.1) is 5.92 Å². The molecule has 0 amide bonds. The second-order valence-electron chi connectivity index (χ2n) is 5.35. The lowest BCUT2D eigenvalue weighted by Gasteiger charge is -2.31. The van der Waals surface area contributed by atoms with Crippen molar-refractivity contribution in [2.24, 2.45) is 5.92 Å². The molecule has 118 valence electrons. The van der Waals surface area contributed by atoms with Crippen molar-refractivity contribution >= 4 is 26.1 Å². The Kier molecular flexibility index (Phi) is 6.19. The molecule has 0 bridgehead atoms. The lowest BCUT2D eigenvalue weighted by Crippen LogP contribution is -2.45. The van der Waals surface area contributed by atoms with Gasteiger partial charge in [0.15, 0.2) is 0 Å². The Morgan fingerprint density at radius 1 is 1.24 bits per heavy atom. The number of hydrogen-bond donors (Lipinski definition) is 2. The van der Waals surface area contributed by atoms with Gasteiger partial charge in [0.05, 0.1) is 0 Å². The lowest BCUT2D eigenvalue weighted by atomic mass is 9.98. The lowest BCUT2D eigenvalue weighted by molar-refractivity contribution is 0.268. The molecule has 0 saturated carbocycles. The normalized spacial score (nSPS) is 18.0. The molecule has 0 aromatic heterocycles.